The van der Waals surface area contributed by atoms with Crippen LogP contribution in [0.1, 0.15) is 0 Å². The maximum atomic E-state index is 2.24. The fraction of sp³-hybridized carbons (Fsp3) is 0.600. The minimum absolute atomic E-state index is 1.22. The quantitative estimate of drug-likeness (QED) is 0.462. The molecular formula is C5H8S2. The van der Waals surface area contributed by atoms with Crippen LogP contribution in [0.15, 0.2) is 12.2 Å². The molecule has 1 rings (SSSR count). The summed E-state index contributed by atoms with van der Waals surface area (Å²) in [7, 11) is 0. The van der Waals surface area contributed by atoms with E-state index in [0.717, 1.165) is 0 Å². The van der Waals surface area contributed by atoms with E-state index in [2.05, 4.69) is 12.2 Å². The fourth-order valence-electron chi connectivity index (χ4n) is 0.427. The number of thioether (sulfide) groups is 2. The standard InChI is InChI=1S/C5H8S2/c1-2-4-7-5-6-3-1/h1-2H,3-5H2. The maximum Gasteiger partial charge on any atom is 0.0398 e. The van der Waals surface area contributed by atoms with Crippen molar-refractivity contribution in [2.24, 2.45) is 0 Å². The van der Waals surface area contributed by atoms with Crippen LogP contribution in [-0.4, -0.2) is 16.6 Å². The molecule has 0 atom stereocenters. The first-order chi connectivity index (χ1) is 3.50. The number of hydrogen-bond acceptors (Lipinski definition) is 2. The Hall–Kier alpha value is 0.440. The number of hydrogen-bond donors (Lipinski definition) is 0. The van der Waals surface area contributed by atoms with Gasteiger partial charge in [0, 0.05) is 16.6 Å². The molecule has 0 saturated carbocycles. The highest BCUT2D eigenvalue weighted by Gasteiger charge is 1.88. The molecule has 2 heteroatoms. The molecule has 0 spiro atoms. The number of rotatable bonds is 0. The second kappa shape index (κ2) is 3.44. The first kappa shape index (κ1) is 5.57. The molecule has 1 aliphatic heterocycles. The molecule has 0 aromatic carbocycles. The Morgan fingerprint density at radius 2 is 1.57 bits per heavy atom. The molecule has 0 nitrogen and oxygen atoms in total. The Morgan fingerprint density at radius 1 is 1.00 bits per heavy atom. The summed E-state index contributed by atoms with van der Waals surface area (Å²) in [6, 6.07) is 0. The van der Waals surface area contributed by atoms with Crippen molar-refractivity contribution < 1.29 is 0 Å². The van der Waals surface area contributed by atoms with Crippen LogP contribution in [0.3, 0.4) is 0 Å². The van der Waals surface area contributed by atoms with E-state index >= 15 is 0 Å². The average molecular weight is 132 g/mol. The highest BCUT2D eigenvalue weighted by Crippen LogP contribution is 2.14. The van der Waals surface area contributed by atoms with Gasteiger partial charge in [-0.1, -0.05) is 12.2 Å². The zero-order valence-corrected chi connectivity index (χ0v) is 5.73. The van der Waals surface area contributed by atoms with Crippen LogP contribution in [0.5, 0.6) is 0 Å². The van der Waals surface area contributed by atoms with E-state index in [1.807, 2.05) is 23.5 Å². The van der Waals surface area contributed by atoms with Gasteiger partial charge in [0.25, 0.3) is 0 Å². The topological polar surface area (TPSA) is 0 Å². The molecule has 1 aliphatic rings. The lowest BCUT2D eigenvalue weighted by molar-refractivity contribution is 1.69. The molecule has 0 bridgehead atoms. The molecule has 40 valence electrons. The normalized spacial score (nSPS) is 21.7. The molecule has 0 saturated heterocycles. The van der Waals surface area contributed by atoms with Crippen LogP contribution >= 0.6 is 23.5 Å². The first-order valence-corrected chi connectivity index (χ1v) is 4.61. The summed E-state index contributed by atoms with van der Waals surface area (Å²) in [6.07, 6.45) is 4.48. The Morgan fingerprint density at radius 3 is 2.14 bits per heavy atom. The summed E-state index contributed by atoms with van der Waals surface area (Å²) >= 11 is 3.98. The van der Waals surface area contributed by atoms with Gasteiger partial charge in [0.2, 0.25) is 0 Å². The van der Waals surface area contributed by atoms with Crippen LogP contribution in [0.25, 0.3) is 0 Å². The van der Waals surface area contributed by atoms with Gasteiger partial charge in [0.15, 0.2) is 0 Å². The lowest BCUT2D eigenvalue weighted by Crippen LogP contribution is -1.66. The molecule has 0 unspecified atom stereocenters. The van der Waals surface area contributed by atoms with Crippen LogP contribution in [0.4, 0.5) is 0 Å². The molecule has 7 heavy (non-hydrogen) atoms. The second-order valence-corrected chi connectivity index (χ2v) is 3.76. The SMILES string of the molecule is C1=CCSCSC1. The van der Waals surface area contributed by atoms with E-state index < -0.39 is 0 Å². The molecule has 0 N–H and O–H groups in total. The average Bonchev–Trinajstić information content (AvgIpc) is 1.90. The van der Waals surface area contributed by atoms with E-state index in [-0.39, 0.29) is 0 Å². The van der Waals surface area contributed by atoms with E-state index in [1.54, 1.807) is 0 Å². The minimum atomic E-state index is 1.22. The molecule has 0 amide bonds. The summed E-state index contributed by atoms with van der Waals surface area (Å²) < 4.78 is 0. The van der Waals surface area contributed by atoms with Gasteiger partial charge in [0.1, 0.15) is 0 Å². The van der Waals surface area contributed by atoms with Crippen molar-refractivity contribution in [3.63, 3.8) is 0 Å². The maximum absolute atomic E-state index is 2.24. The van der Waals surface area contributed by atoms with Gasteiger partial charge < -0.3 is 0 Å². The van der Waals surface area contributed by atoms with Crippen LogP contribution < -0.4 is 0 Å². The van der Waals surface area contributed by atoms with E-state index in [4.69, 9.17) is 0 Å². The summed E-state index contributed by atoms with van der Waals surface area (Å²) in [5.41, 5.74) is 0. The molecule has 0 aromatic rings. The van der Waals surface area contributed by atoms with Gasteiger partial charge in [-0.05, 0) is 0 Å². The van der Waals surface area contributed by atoms with Gasteiger partial charge in [0.05, 0.1) is 0 Å². The monoisotopic (exact) mass is 132 g/mol. The first-order valence-electron chi connectivity index (χ1n) is 2.30. The third-order valence-corrected chi connectivity index (χ3v) is 2.95. The highest BCUT2D eigenvalue weighted by molar-refractivity contribution is 8.16. The van der Waals surface area contributed by atoms with E-state index in [0.29, 0.717) is 0 Å². The summed E-state index contributed by atoms with van der Waals surface area (Å²) in [5.74, 6) is 2.43. The van der Waals surface area contributed by atoms with Crippen LogP contribution in [0, 0.1) is 0 Å². The van der Waals surface area contributed by atoms with Gasteiger partial charge in [-0.3, -0.25) is 0 Å². The highest BCUT2D eigenvalue weighted by atomic mass is 32.2. The second-order valence-electron chi connectivity index (χ2n) is 1.33. The molecule has 1 heterocycles. The predicted octanol–water partition coefficient (Wildman–Crippen LogP) is 1.98. The van der Waals surface area contributed by atoms with Crippen molar-refractivity contribution in [2.75, 3.05) is 16.6 Å². The van der Waals surface area contributed by atoms with E-state index in [9.17, 15) is 0 Å². The Balaban J connectivity index is 2.20. The van der Waals surface area contributed by atoms with Crippen molar-refractivity contribution in [1.29, 1.82) is 0 Å². The summed E-state index contributed by atoms with van der Waals surface area (Å²) in [5, 5.41) is 1.27. The smallest absolute Gasteiger partial charge is 0.0398 e. The molecule has 0 aliphatic carbocycles. The van der Waals surface area contributed by atoms with Gasteiger partial charge in [-0.2, -0.15) is 0 Å². The van der Waals surface area contributed by atoms with Crippen LogP contribution in [-0.2, 0) is 0 Å². The lowest BCUT2D eigenvalue weighted by atomic mass is 10.6. The van der Waals surface area contributed by atoms with Crippen LogP contribution in [0.2, 0.25) is 0 Å². The zero-order valence-electron chi connectivity index (χ0n) is 4.09. The zero-order chi connectivity index (χ0) is 4.95. The largest absolute Gasteiger partial charge is 0.147 e. The van der Waals surface area contributed by atoms with Gasteiger partial charge in [-0.25, -0.2) is 0 Å². The van der Waals surface area contributed by atoms with Crippen molar-refractivity contribution in [1.82, 2.24) is 0 Å². The molecular weight excluding hydrogens is 124 g/mol. The third-order valence-electron chi connectivity index (χ3n) is 0.761. The van der Waals surface area contributed by atoms with Crippen molar-refractivity contribution in [2.45, 2.75) is 0 Å². The third kappa shape index (κ3) is 2.29. The van der Waals surface area contributed by atoms with Crippen molar-refractivity contribution >= 4 is 23.5 Å². The Labute approximate surface area is 52.7 Å². The Bertz CT molecular complexity index is 60.5. The Kier molecular flexibility index (Phi) is 2.74. The van der Waals surface area contributed by atoms with E-state index in [1.165, 1.54) is 16.6 Å². The lowest BCUT2D eigenvalue weighted by Gasteiger charge is -1.87. The molecule has 0 aromatic heterocycles. The summed E-state index contributed by atoms with van der Waals surface area (Å²) in [6.45, 7) is 0. The molecule has 0 fully saturated rings. The molecule has 0 radical (unpaired) electrons. The van der Waals surface area contributed by atoms with Crippen molar-refractivity contribution in [3.05, 3.63) is 12.2 Å². The van der Waals surface area contributed by atoms with Crippen molar-refractivity contribution in [3.8, 4) is 0 Å². The minimum Gasteiger partial charge on any atom is -0.147 e. The fourth-order valence-corrected chi connectivity index (χ4v) is 2.21. The summed E-state index contributed by atoms with van der Waals surface area (Å²) in [4.78, 5) is 0. The van der Waals surface area contributed by atoms with Gasteiger partial charge in [-0.15, -0.1) is 23.5 Å². The van der Waals surface area contributed by atoms with Gasteiger partial charge >= 0.3 is 0 Å². The predicted molar refractivity (Wildman–Crippen MR) is 38.9 cm³/mol.